The summed E-state index contributed by atoms with van der Waals surface area (Å²) in [7, 11) is 0. The van der Waals surface area contributed by atoms with Gasteiger partial charge in [0, 0.05) is 36.7 Å². The number of aromatic nitrogens is 2. The molecule has 22 heavy (non-hydrogen) atoms. The number of piperidine rings is 1. The highest BCUT2D eigenvalue weighted by molar-refractivity contribution is 5.74. The first-order chi connectivity index (χ1) is 10.7. The summed E-state index contributed by atoms with van der Waals surface area (Å²) in [5.41, 5.74) is 8.01. The van der Waals surface area contributed by atoms with Crippen LogP contribution in [0.1, 0.15) is 61.5 Å². The second-order valence-electron chi connectivity index (χ2n) is 7.06. The molecule has 0 unspecified atom stereocenters. The minimum atomic E-state index is -0.169. The first kappa shape index (κ1) is 14.0. The molecule has 2 heterocycles. The summed E-state index contributed by atoms with van der Waals surface area (Å²) in [6, 6.07) is 0. The molecule has 1 saturated heterocycles. The van der Waals surface area contributed by atoms with Gasteiger partial charge < -0.3 is 10.6 Å². The van der Waals surface area contributed by atoms with Crippen LogP contribution in [-0.2, 0) is 17.6 Å². The van der Waals surface area contributed by atoms with E-state index in [1.165, 1.54) is 36.3 Å². The summed E-state index contributed by atoms with van der Waals surface area (Å²) in [6.45, 7) is 1.98. The van der Waals surface area contributed by atoms with Crippen molar-refractivity contribution in [1.29, 1.82) is 0 Å². The van der Waals surface area contributed by atoms with Crippen LogP contribution in [0.5, 0.6) is 0 Å². The van der Waals surface area contributed by atoms with Crippen molar-refractivity contribution >= 4 is 11.7 Å². The van der Waals surface area contributed by atoms with Gasteiger partial charge in [-0.05, 0) is 50.9 Å². The monoisotopic (exact) mass is 300 g/mol. The SMILES string of the molecule is NC(=O)CC1CCN(c2nc(C3CC3)nc3c2CCC3)CC1. The van der Waals surface area contributed by atoms with E-state index in [-0.39, 0.29) is 5.91 Å². The number of rotatable bonds is 4. The molecule has 0 radical (unpaired) electrons. The molecular weight excluding hydrogens is 276 g/mol. The standard InChI is InChI=1S/C17H24N4O/c18-15(22)10-11-6-8-21(9-7-11)17-13-2-1-3-14(13)19-16(20-17)12-4-5-12/h11-12H,1-10H2,(H2,18,22). The van der Waals surface area contributed by atoms with Crippen molar-refractivity contribution < 1.29 is 4.79 Å². The predicted molar refractivity (Wildman–Crippen MR) is 84.8 cm³/mol. The molecule has 1 aliphatic heterocycles. The Labute approximate surface area is 131 Å². The van der Waals surface area contributed by atoms with E-state index in [9.17, 15) is 4.79 Å². The number of amides is 1. The van der Waals surface area contributed by atoms with Crippen LogP contribution in [-0.4, -0.2) is 29.0 Å². The van der Waals surface area contributed by atoms with Crippen molar-refractivity contribution in [3.05, 3.63) is 17.1 Å². The lowest BCUT2D eigenvalue weighted by Crippen LogP contribution is -2.36. The molecule has 2 aliphatic carbocycles. The normalized spacial score (nSPS) is 21.9. The molecule has 5 heteroatoms. The number of nitrogens with two attached hydrogens (primary N) is 1. The van der Waals surface area contributed by atoms with Gasteiger partial charge in [-0.15, -0.1) is 0 Å². The van der Waals surface area contributed by atoms with Crippen molar-refractivity contribution in [1.82, 2.24) is 9.97 Å². The number of nitrogens with zero attached hydrogens (tertiary/aromatic N) is 3. The van der Waals surface area contributed by atoms with E-state index in [0.29, 0.717) is 18.3 Å². The molecule has 2 fully saturated rings. The maximum absolute atomic E-state index is 11.1. The van der Waals surface area contributed by atoms with Crippen LogP contribution in [0.2, 0.25) is 0 Å². The third kappa shape index (κ3) is 2.69. The van der Waals surface area contributed by atoms with E-state index in [1.807, 2.05) is 0 Å². The van der Waals surface area contributed by atoms with E-state index < -0.39 is 0 Å². The zero-order valence-corrected chi connectivity index (χ0v) is 13.1. The summed E-state index contributed by atoms with van der Waals surface area (Å²) in [6.07, 6.45) is 8.56. The van der Waals surface area contributed by atoms with E-state index in [2.05, 4.69) is 4.90 Å². The molecule has 1 amide bonds. The summed E-state index contributed by atoms with van der Waals surface area (Å²) in [5.74, 6) is 3.16. The van der Waals surface area contributed by atoms with Gasteiger partial charge >= 0.3 is 0 Å². The molecule has 0 bridgehead atoms. The molecule has 4 rings (SSSR count). The molecule has 5 nitrogen and oxygen atoms in total. The third-order valence-electron chi connectivity index (χ3n) is 5.28. The Bertz CT molecular complexity index is 589. The molecular formula is C17H24N4O. The summed E-state index contributed by atoms with van der Waals surface area (Å²) < 4.78 is 0. The smallest absolute Gasteiger partial charge is 0.217 e. The van der Waals surface area contributed by atoms with Crippen LogP contribution in [0.4, 0.5) is 5.82 Å². The van der Waals surface area contributed by atoms with Crippen LogP contribution in [0.25, 0.3) is 0 Å². The van der Waals surface area contributed by atoms with E-state index in [4.69, 9.17) is 15.7 Å². The molecule has 1 saturated carbocycles. The molecule has 2 N–H and O–H groups in total. The van der Waals surface area contributed by atoms with Crippen LogP contribution in [0.15, 0.2) is 0 Å². The Kier molecular flexibility index (Phi) is 3.51. The highest BCUT2D eigenvalue weighted by atomic mass is 16.1. The number of hydrogen-bond donors (Lipinski definition) is 1. The average Bonchev–Trinajstić information content (AvgIpc) is 3.24. The van der Waals surface area contributed by atoms with Gasteiger partial charge in [-0.3, -0.25) is 4.79 Å². The Hall–Kier alpha value is -1.65. The van der Waals surface area contributed by atoms with Crippen molar-refractivity contribution in [2.45, 2.75) is 57.3 Å². The number of primary amides is 1. The lowest BCUT2D eigenvalue weighted by molar-refractivity contribution is -0.119. The number of fused-ring (bicyclic) bond motifs is 1. The number of anilines is 1. The Balaban J connectivity index is 1.54. The number of carbonyl (C=O) groups is 1. The van der Waals surface area contributed by atoms with Gasteiger partial charge in [-0.25, -0.2) is 9.97 Å². The topological polar surface area (TPSA) is 72.1 Å². The maximum Gasteiger partial charge on any atom is 0.217 e. The second kappa shape index (κ2) is 5.52. The molecule has 1 aromatic rings. The molecule has 0 atom stereocenters. The third-order valence-corrected chi connectivity index (χ3v) is 5.28. The highest BCUT2D eigenvalue weighted by Crippen LogP contribution is 2.41. The quantitative estimate of drug-likeness (QED) is 0.922. The van der Waals surface area contributed by atoms with Gasteiger partial charge in [0.2, 0.25) is 5.91 Å². The maximum atomic E-state index is 11.1. The number of carbonyl (C=O) groups excluding carboxylic acids is 1. The minimum absolute atomic E-state index is 0.169. The largest absolute Gasteiger partial charge is 0.370 e. The van der Waals surface area contributed by atoms with Gasteiger partial charge in [0.15, 0.2) is 0 Å². The first-order valence-electron chi connectivity index (χ1n) is 8.63. The molecule has 0 aromatic carbocycles. The Morgan fingerprint density at radius 1 is 1.14 bits per heavy atom. The van der Waals surface area contributed by atoms with Gasteiger partial charge in [0.25, 0.3) is 0 Å². The summed E-state index contributed by atoms with van der Waals surface area (Å²) in [4.78, 5) is 23.3. The first-order valence-corrected chi connectivity index (χ1v) is 8.63. The van der Waals surface area contributed by atoms with Crippen molar-refractivity contribution in [3.63, 3.8) is 0 Å². The van der Waals surface area contributed by atoms with Crippen LogP contribution >= 0.6 is 0 Å². The number of aryl methyl sites for hydroxylation is 1. The van der Waals surface area contributed by atoms with Crippen molar-refractivity contribution in [3.8, 4) is 0 Å². The van der Waals surface area contributed by atoms with Crippen LogP contribution in [0.3, 0.4) is 0 Å². The molecule has 1 aromatic heterocycles. The second-order valence-corrected chi connectivity index (χ2v) is 7.06. The Morgan fingerprint density at radius 3 is 2.59 bits per heavy atom. The van der Waals surface area contributed by atoms with E-state index in [1.54, 1.807) is 0 Å². The zero-order chi connectivity index (χ0) is 15.1. The fourth-order valence-electron chi connectivity index (χ4n) is 3.85. The van der Waals surface area contributed by atoms with Gasteiger partial charge in [-0.1, -0.05) is 0 Å². The van der Waals surface area contributed by atoms with Crippen molar-refractivity contribution in [2.24, 2.45) is 11.7 Å². The fourth-order valence-corrected chi connectivity index (χ4v) is 3.85. The van der Waals surface area contributed by atoms with Gasteiger partial charge in [-0.2, -0.15) is 0 Å². The van der Waals surface area contributed by atoms with Crippen LogP contribution < -0.4 is 10.6 Å². The number of hydrogen-bond acceptors (Lipinski definition) is 4. The van der Waals surface area contributed by atoms with E-state index >= 15 is 0 Å². The van der Waals surface area contributed by atoms with Gasteiger partial charge in [0.05, 0.1) is 0 Å². The minimum Gasteiger partial charge on any atom is -0.370 e. The van der Waals surface area contributed by atoms with Gasteiger partial charge in [0.1, 0.15) is 11.6 Å². The van der Waals surface area contributed by atoms with E-state index in [0.717, 1.165) is 44.6 Å². The summed E-state index contributed by atoms with van der Waals surface area (Å²) >= 11 is 0. The highest BCUT2D eigenvalue weighted by Gasteiger charge is 2.32. The zero-order valence-electron chi connectivity index (χ0n) is 13.1. The summed E-state index contributed by atoms with van der Waals surface area (Å²) in [5, 5.41) is 0. The fraction of sp³-hybridized carbons (Fsp3) is 0.706. The average molecular weight is 300 g/mol. The lowest BCUT2D eigenvalue weighted by Gasteiger charge is -2.33. The molecule has 0 spiro atoms. The Morgan fingerprint density at radius 2 is 1.91 bits per heavy atom. The molecule has 118 valence electrons. The molecule has 3 aliphatic rings. The van der Waals surface area contributed by atoms with Crippen LogP contribution in [0, 0.1) is 5.92 Å². The lowest BCUT2D eigenvalue weighted by atomic mass is 9.93. The van der Waals surface area contributed by atoms with Crippen molar-refractivity contribution in [2.75, 3.05) is 18.0 Å². The predicted octanol–water partition coefficient (Wildman–Crippen LogP) is 1.93.